The summed E-state index contributed by atoms with van der Waals surface area (Å²) in [4.78, 5) is 2.65. The van der Waals surface area contributed by atoms with Crippen molar-refractivity contribution in [1.82, 2.24) is 0 Å². The number of anilines is 2. The molecule has 0 aliphatic heterocycles. The number of allylic oxidation sites excluding steroid dienone is 4. The van der Waals surface area contributed by atoms with Gasteiger partial charge in [-0.1, -0.05) is 130 Å². The number of hydrogen-bond donors (Lipinski definition) is 0. The Morgan fingerprint density at radius 1 is 0.647 bits per heavy atom. The van der Waals surface area contributed by atoms with Crippen molar-refractivity contribution in [3.05, 3.63) is 143 Å². The van der Waals surface area contributed by atoms with Crippen molar-refractivity contribution in [2.45, 2.75) is 95.8 Å². The summed E-state index contributed by atoms with van der Waals surface area (Å²) in [6.07, 6.45) is 19.9. The van der Waals surface area contributed by atoms with E-state index in [4.69, 9.17) is 0 Å². The number of fused-ring (bicyclic) bond motifs is 6. The largest absolute Gasteiger partial charge is 0.314 e. The van der Waals surface area contributed by atoms with E-state index in [1.165, 1.54) is 131 Å². The third-order valence-corrected chi connectivity index (χ3v) is 13.9. The third kappa shape index (κ3) is 5.25. The molecule has 10 rings (SSSR count). The highest BCUT2D eigenvalue weighted by atomic mass is 15.2. The molecule has 0 amide bonds. The van der Waals surface area contributed by atoms with Gasteiger partial charge in [0.1, 0.15) is 0 Å². The molecule has 0 N–H and O–H groups in total. The minimum Gasteiger partial charge on any atom is -0.314 e. The maximum Gasteiger partial charge on any atom is 0.0536 e. The van der Waals surface area contributed by atoms with E-state index in [1.807, 2.05) is 0 Å². The van der Waals surface area contributed by atoms with Crippen molar-refractivity contribution >= 4 is 22.1 Å². The van der Waals surface area contributed by atoms with E-state index in [2.05, 4.69) is 134 Å². The fourth-order valence-corrected chi connectivity index (χ4v) is 11.3. The normalized spacial score (nSPS) is 23.5. The minimum atomic E-state index is -0.124. The summed E-state index contributed by atoms with van der Waals surface area (Å²) >= 11 is 0. The van der Waals surface area contributed by atoms with Crippen LogP contribution in [0.4, 0.5) is 11.4 Å². The van der Waals surface area contributed by atoms with Crippen molar-refractivity contribution < 1.29 is 0 Å². The van der Waals surface area contributed by atoms with Gasteiger partial charge < -0.3 is 4.90 Å². The summed E-state index contributed by atoms with van der Waals surface area (Å²) in [6, 6.07) is 39.7. The molecule has 0 saturated heterocycles. The summed E-state index contributed by atoms with van der Waals surface area (Å²) in [5.41, 5.74) is 15.5. The summed E-state index contributed by atoms with van der Waals surface area (Å²) in [5, 5.41) is 2.73. The zero-order valence-electron chi connectivity index (χ0n) is 30.5. The van der Waals surface area contributed by atoms with Crippen LogP contribution in [0.25, 0.3) is 33.0 Å². The Bertz CT molecular complexity index is 2190. The Labute approximate surface area is 305 Å². The second-order valence-corrected chi connectivity index (χ2v) is 17.1. The molecule has 1 nitrogen and oxygen atoms in total. The van der Waals surface area contributed by atoms with Gasteiger partial charge in [0.2, 0.25) is 0 Å². The number of rotatable bonds is 6. The average Bonchev–Trinajstić information content (AvgIpc) is 3.89. The van der Waals surface area contributed by atoms with E-state index >= 15 is 0 Å². The Morgan fingerprint density at radius 3 is 2.27 bits per heavy atom. The molecule has 51 heavy (non-hydrogen) atoms. The molecule has 5 aromatic carbocycles. The molecule has 0 radical (unpaired) electrons. The van der Waals surface area contributed by atoms with Gasteiger partial charge in [0.15, 0.2) is 0 Å². The lowest BCUT2D eigenvalue weighted by Gasteiger charge is -2.34. The molecule has 2 bridgehead atoms. The van der Waals surface area contributed by atoms with Gasteiger partial charge in [-0.25, -0.2) is 0 Å². The average molecular weight is 666 g/mol. The van der Waals surface area contributed by atoms with Gasteiger partial charge in [0.25, 0.3) is 0 Å². The molecular formula is C50H51N. The zero-order valence-corrected chi connectivity index (χ0v) is 30.5. The van der Waals surface area contributed by atoms with Crippen molar-refractivity contribution in [3.8, 4) is 22.3 Å². The lowest BCUT2D eigenvalue weighted by molar-refractivity contribution is 0.369. The first-order chi connectivity index (χ1) is 25.0. The van der Waals surface area contributed by atoms with Crippen molar-refractivity contribution in [1.29, 1.82) is 0 Å². The Morgan fingerprint density at radius 2 is 1.49 bits per heavy atom. The SMILES string of the molecule is CC1(C)c2cc(N(C3=CC=C(C4CC5CCC4C5)CC3)c3cccc4ccc(C5CCCCC5)cc34)ccc2-c2cccc(-c3ccccc3)c21. The molecule has 0 spiro atoms. The van der Waals surface area contributed by atoms with Crippen LogP contribution in [0, 0.1) is 17.8 Å². The van der Waals surface area contributed by atoms with Crippen LogP contribution in [0.15, 0.2) is 127 Å². The predicted molar refractivity (Wildman–Crippen MR) is 216 cm³/mol. The van der Waals surface area contributed by atoms with Gasteiger partial charge >= 0.3 is 0 Å². The second kappa shape index (κ2) is 12.4. The summed E-state index contributed by atoms with van der Waals surface area (Å²) in [5.74, 6) is 3.43. The molecule has 3 atom stereocenters. The highest BCUT2D eigenvalue weighted by molar-refractivity contribution is 5.98. The molecule has 3 saturated carbocycles. The van der Waals surface area contributed by atoms with E-state index in [9.17, 15) is 0 Å². The molecule has 0 aromatic heterocycles. The van der Waals surface area contributed by atoms with E-state index < -0.39 is 0 Å². The van der Waals surface area contributed by atoms with Crippen LogP contribution < -0.4 is 4.90 Å². The molecule has 5 aliphatic rings. The first-order valence-corrected chi connectivity index (χ1v) is 20.1. The van der Waals surface area contributed by atoms with E-state index in [-0.39, 0.29) is 5.41 Å². The maximum absolute atomic E-state index is 2.65. The summed E-state index contributed by atoms with van der Waals surface area (Å²) in [6.45, 7) is 4.88. The van der Waals surface area contributed by atoms with E-state index in [1.54, 1.807) is 5.57 Å². The maximum atomic E-state index is 2.65. The lowest BCUT2D eigenvalue weighted by atomic mass is 9.78. The molecule has 3 fully saturated rings. The fraction of sp³-hybridized carbons (Fsp3) is 0.360. The third-order valence-electron chi connectivity index (χ3n) is 13.9. The Hall–Kier alpha value is -4.36. The van der Waals surface area contributed by atoms with Crippen molar-refractivity contribution in [2.75, 3.05) is 4.90 Å². The first-order valence-electron chi connectivity index (χ1n) is 20.1. The van der Waals surface area contributed by atoms with Crippen molar-refractivity contribution in [2.24, 2.45) is 17.8 Å². The van der Waals surface area contributed by atoms with Crippen LogP contribution in [-0.2, 0) is 5.41 Å². The smallest absolute Gasteiger partial charge is 0.0536 e. The molecule has 5 aromatic rings. The Balaban J connectivity index is 1.11. The molecule has 5 aliphatic carbocycles. The number of hydrogen-bond acceptors (Lipinski definition) is 1. The van der Waals surface area contributed by atoms with Gasteiger partial charge in [-0.2, -0.15) is 0 Å². The van der Waals surface area contributed by atoms with Gasteiger partial charge in [-0.05, 0) is 143 Å². The second-order valence-electron chi connectivity index (χ2n) is 17.1. The van der Waals surface area contributed by atoms with Crippen LogP contribution >= 0.6 is 0 Å². The monoisotopic (exact) mass is 665 g/mol. The highest BCUT2D eigenvalue weighted by Gasteiger charge is 2.42. The summed E-state index contributed by atoms with van der Waals surface area (Å²) < 4.78 is 0. The van der Waals surface area contributed by atoms with Crippen molar-refractivity contribution in [3.63, 3.8) is 0 Å². The zero-order chi connectivity index (χ0) is 34.1. The summed E-state index contributed by atoms with van der Waals surface area (Å²) in [7, 11) is 0. The highest BCUT2D eigenvalue weighted by Crippen LogP contribution is 2.55. The minimum absolute atomic E-state index is 0.124. The van der Waals surface area contributed by atoms with Crippen LogP contribution in [0.5, 0.6) is 0 Å². The molecule has 3 unspecified atom stereocenters. The topological polar surface area (TPSA) is 3.24 Å². The Kier molecular flexibility index (Phi) is 7.63. The van der Waals surface area contributed by atoms with Crippen LogP contribution in [0.1, 0.15) is 107 Å². The molecule has 1 heteroatoms. The van der Waals surface area contributed by atoms with Gasteiger partial charge in [-0.15, -0.1) is 0 Å². The molecule has 0 heterocycles. The van der Waals surface area contributed by atoms with Gasteiger partial charge in [0, 0.05) is 22.2 Å². The molecular weight excluding hydrogens is 615 g/mol. The van der Waals surface area contributed by atoms with Crippen LogP contribution in [0.2, 0.25) is 0 Å². The standard InChI is InChI=1S/C50H51N/c1-50(2)47-32-41(27-28-43(47)44-17-10-16-42(49(44)50)35-13-7-4-8-14-35)51(40-25-23-37(24-26-40)45-30-33-19-20-39(45)29-33)48-18-9-15-36-21-22-38(31-46(36)48)34-11-5-3-6-12-34/h4,7-10,13-18,21-23,25,27-28,31-34,39,45H,3,5-6,11-12,19-20,24,26,29-30H2,1-2H3. The predicted octanol–water partition coefficient (Wildman–Crippen LogP) is 14.0. The van der Waals surface area contributed by atoms with Crippen LogP contribution in [0.3, 0.4) is 0 Å². The molecule has 256 valence electrons. The number of benzene rings is 5. The van der Waals surface area contributed by atoms with E-state index in [0.717, 1.165) is 24.2 Å². The fourth-order valence-electron chi connectivity index (χ4n) is 11.3. The lowest BCUT2D eigenvalue weighted by Crippen LogP contribution is -2.22. The van der Waals surface area contributed by atoms with Crippen LogP contribution in [-0.4, -0.2) is 0 Å². The van der Waals surface area contributed by atoms with Gasteiger partial charge in [0.05, 0.1) is 5.69 Å². The van der Waals surface area contributed by atoms with E-state index in [0.29, 0.717) is 5.92 Å². The van der Waals surface area contributed by atoms with Gasteiger partial charge in [-0.3, -0.25) is 0 Å². The first kappa shape index (κ1) is 31.4. The quantitative estimate of drug-likeness (QED) is 0.174. The number of nitrogens with zero attached hydrogens (tertiary/aromatic N) is 1.